The molecule has 1 unspecified atom stereocenters. The lowest BCUT2D eigenvalue weighted by molar-refractivity contribution is 0.0692. The maximum atomic E-state index is 13.4. The highest BCUT2D eigenvalue weighted by atomic mass is 16.2. The lowest BCUT2D eigenvalue weighted by atomic mass is 9.91. The van der Waals surface area contributed by atoms with Crippen molar-refractivity contribution in [3.05, 3.63) is 101 Å². The lowest BCUT2D eigenvalue weighted by Crippen LogP contribution is -2.40. The van der Waals surface area contributed by atoms with Gasteiger partial charge in [-0.05, 0) is 42.7 Å². The molecule has 3 heterocycles. The molecule has 1 N–H and O–H groups in total. The Labute approximate surface area is 163 Å². The van der Waals surface area contributed by atoms with Crippen LogP contribution in [0.3, 0.4) is 0 Å². The van der Waals surface area contributed by atoms with Crippen LogP contribution in [0.1, 0.15) is 38.8 Å². The average Bonchev–Trinajstić information content (AvgIpc) is 3.13. The predicted molar refractivity (Wildman–Crippen MR) is 110 cm³/mol. The average molecular weight is 367 g/mol. The third kappa shape index (κ3) is 2.69. The zero-order chi connectivity index (χ0) is 19.1. The van der Waals surface area contributed by atoms with Crippen molar-refractivity contribution in [2.24, 2.45) is 0 Å². The number of nitrogens with one attached hydrogen (secondary N) is 1. The largest absolute Gasteiger partial charge is 0.356 e. The van der Waals surface area contributed by atoms with Crippen LogP contribution in [-0.4, -0.2) is 27.3 Å². The normalized spacial score (nSPS) is 16.2. The van der Waals surface area contributed by atoms with Gasteiger partial charge in [0.05, 0.1) is 6.04 Å². The van der Waals surface area contributed by atoms with Crippen molar-refractivity contribution < 1.29 is 4.79 Å². The molecule has 1 aliphatic heterocycles. The summed E-state index contributed by atoms with van der Waals surface area (Å²) in [5.41, 5.74) is 6.58. The number of fused-ring (bicyclic) bond motifs is 3. The molecule has 5 rings (SSSR count). The minimum atomic E-state index is -0.127. The van der Waals surface area contributed by atoms with Crippen LogP contribution >= 0.6 is 0 Å². The van der Waals surface area contributed by atoms with E-state index in [1.807, 2.05) is 11.0 Å². The van der Waals surface area contributed by atoms with Crippen LogP contribution in [0.2, 0.25) is 0 Å². The van der Waals surface area contributed by atoms with Gasteiger partial charge in [-0.15, -0.1) is 0 Å². The van der Waals surface area contributed by atoms with Crippen LogP contribution in [0.4, 0.5) is 0 Å². The van der Waals surface area contributed by atoms with E-state index in [1.165, 1.54) is 16.5 Å². The van der Waals surface area contributed by atoms with Crippen molar-refractivity contribution in [1.29, 1.82) is 0 Å². The van der Waals surface area contributed by atoms with Gasteiger partial charge in [0, 0.05) is 41.1 Å². The SMILES string of the molecule is Cc1ccc(C2c3[nH]c4ccccc4c3CCN2C(=O)c2ccncc2)cc1. The van der Waals surface area contributed by atoms with E-state index in [-0.39, 0.29) is 11.9 Å². The molecule has 0 saturated carbocycles. The Balaban J connectivity index is 1.67. The molecule has 4 nitrogen and oxygen atoms in total. The van der Waals surface area contributed by atoms with Crippen LogP contribution in [-0.2, 0) is 6.42 Å². The van der Waals surface area contributed by atoms with E-state index in [2.05, 4.69) is 59.4 Å². The summed E-state index contributed by atoms with van der Waals surface area (Å²) in [6, 6.07) is 20.3. The van der Waals surface area contributed by atoms with Crippen LogP contribution in [0.25, 0.3) is 10.9 Å². The summed E-state index contributed by atoms with van der Waals surface area (Å²) in [5.74, 6) is 0.0391. The standard InChI is InChI=1S/C24H21N3O/c1-16-6-8-17(9-7-16)23-22-20(19-4-2-3-5-21(19)26-22)12-15-27(23)24(28)18-10-13-25-14-11-18/h2-11,13-14,23,26H,12,15H2,1H3. The summed E-state index contributed by atoms with van der Waals surface area (Å²) in [6.07, 6.45) is 4.19. The molecule has 1 aliphatic rings. The first kappa shape index (κ1) is 16.8. The molecule has 4 heteroatoms. The summed E-state index contributed by atoms with van der Waals surface area (Å²) in [5, 5.41) is 1.26. The number of H-pyrrole nitrogens is 1. The molecule has 0 bridgehead atoms. The lowest BCUT2D eigenvalue weighted by Gasteiger charge is -2.36. The van der Waals surface area contributed by atoms with Gasteiger partial charge in [0.2, 0.25) is 0 Å². The van der Waals surface area contributed by atoms with E-state index in [4.69, 9.17) is 0 Å². The minimum Gasteiger partial charge on any atom is -0.356 e. The van der Waals surface area contributed by atoms with Gasteiger partial charge in [0.25, 0.3) is 5.91 Å². The Morgan fingerprint density at radius 3 is 2.57 bits per heavy atom. The van der Waals surface area contributed by atoms with Gasteiger partial charge < -0.3 is 9.88 Å². The van der Waals surface area contributed by atoms with E-state index >= 15 is 0 Å². The number of hydrogen-bond donors (Lipinski definition) is 1. The van der Waals surface area contributed by atoms with Gasteiger partial charge in [-0.2, -0.15) is 0 Å². The summed E-state index contributed by atoms with van der Waals surface area (Å²) >= 11 is 0. The molecule has 0 spiro atoms. The predicted octanol–water partition coefficient (Wildman–Crippen LogP) is 4.66. The van der Waals surface area contributed by atoms with Crippen molar-refractivity contribution in [3.8, 4) is 0 Å². The van der Waals surface area contributed by atoms with E-state index < -0.39 is 0 Å². The third-order valence-corrected chi connectivity index (χ3v) is 5.62. The zero-order valence-electron chi connectivity index (χ0n) is 15.7. The van der Waals surface area contributed by atoms with Crippen LogP contribution in [0.15, 0.2) is 73.1 Å². The number of benzene rings is 2. The first-order chi connectivity index (χ1) is 13.7. The number of aromatic nitrogens is 2. The molecule has 0 aliphatic carbocycles. The van der Waals surface area contributed by atoms with Gasteiger partial charge in [0.15, 0.2) is 0 Å². The Morgan fingerprint density at radius 2 is 1.79 bits per heavy atom. The van der Waals surface area contributed by atoms with E-state index in [9.17, 15) is 4.79 Å². The topological polar surface area (TPSA) is 49.0 Å². The quantitative estimate of drug-likeness (QED) is 0.560. The molecule has 2 aromatic heterocycles. The van der Waals surface area contributed by atoms with Crippen molar-refractivity contribution in [2.45, 2.75) is 19.4 Å². The van der Waals surface area contributed by atoms with Crippen molar-refractivity contribution in [3.63, 3.8) is 0 Å². The van der Waals surface area contributed by atoms with Crippen LogP contribution < -0.4 is 0 Å². The third-order valence-electron chi connectivity index (χ3n) is 5.62. The number of carbonyl (C=O) groups excluding carboxylic acids is 1. The van der Waals surface area contributed by atoms with Gasteiger partial charge >= 0.3 is 0 Å². The highest BCUT2D eigenvalue weighted by Crippen LogP contribution is 2.39. The first-order valence-electron chi connectivity index (χ1n) is 9.59. The molecule has 1 atom stereocenters. The molecule has 1 amide bonds. The van der Waals surface area contributed by atoms with Crippen molar-refractivity contribution in [1.82, 2.24) is 14.9 Å². The number of aromatic amines is 1. The number of pyridine rings is 1. The number of aryl methyl sites for hydroxylation is 1. The fraction of sp³-hybridized carbons (Fsp3) is 0.167. The van der Waals surface area contributed by atoms with E-state index in [1.54, 1.807) is 24.5 Å². The molecule has 2 aromatic carbocycles. The maximum absolute atomic E-state index is 13.4. The second kappa shape index (κ2) is 6.64. The van der Waals surface area contributed by atoms with Crippen LogP contribution in [0.5, 0.6) is 0 Å². The van der Waals surface area contributed by atoms with Crippen molar-refractivity contribution in [2.75, 3.05) is 6.54 Å². The Hall–Kier alpha value is -3.40. The maximum Gasteiger partial charge on any atom is 0.254 e. The number of hydrogen-bond acceptors (Lipinski definition) is 2. The molecule has 0 fully saturated rings. The summed E-state index contributed by atoms with van der Waals surface area (Å²) in [7, 11) is 0. The minimum absolute atomic E-state index is 0.0391. The summed E-state index contributed by atoms with van der Waals surface area (Å²) < 4.78 is 0. The Morgan fingerprint density at radius 1 is 1.04 bits per heavy atom. The number of amides is 1. The summed E-state index contributed by atoms with van der Waals surface area (Å²) in [6.45, 7) is 2.77. The second-order valence-corrected chi connectivity index (χ2v) is 7.36. The fourth-order valence-corrected chi connectivity index (χ4v) is 4.22. The number of para-hydroxylation sites is 1. The van der Waals surface area contributed by atoms with E-state index in [0.717, 1.165) is 23.2 Å². The van der Waals surface area contributed by atoms with Gasteiger partial charge in [-0.25, -0.2) is 0 Å². The zero-order valence-corrected chi connectivity index (χ0v) is 15.7. The molecular formula is C24H21N3O. The van der Waals surface area contributed by atoms with E-state index in [0.29, 0.717) is 12.1 Å². The van der Waals surface area contributed by atoms with Crippen LogP contribution in [0, 0.1) is 6.92 Å². The molecular weight excluding hydrogens is 346 g/mol. The van der Waals surface area contributed by atoms with Gasteiger partial charge in [-0.3, -0.25) is 9.78 Å². The molecule has 0 saturated heterocycles. The fourth-order valence-electron chi connectivity index (χ4n) is 4.22. The second-order valence-electron chi connectivity index (χ2n) is 7.36. The highest BCUT2D eigenvalue weighted by molar-refractivity contribution is 5.95. The monoisotopic (exact) mass is 367 g/mol. The first-order valence-corrected chi connectivity index (χ1v) is 9.59. The summed E-state index contributed by atoms with van der Waals surface area (Å²) in [4.78, 5) is 23.0. The molecule has 28 heavy (non-hydrogen) atoms. The smallest absolute Gasteiger partial charge is 0.254 e. The van der Waals surface area contributed by atoms with Crippen molar-refractivity contribution >= 4 is 16.8 Å². The number of carbonyl (C=O) groups is 1. The number of nitrogens with zero attached hydrogens (tertiary/aromatic N) is 2. The molecule has 138 valence electrons. The Bertz CT molecular complexity index is 1150. The molecule has 4 aromatic rings. The molecule has 0 radical (unpaired) electrons. The number of rotatable bonds is 2. The van der Waals surface area contributed by atoms with Gasteiger partial charge in [0.1, 0.15) is 0 Å². The van der Waals surface area contributed by atoms with Gasteiger partial charge in [-0.1, -0.05) is 48.0 Å². The highest BCUT2D eigenvalue weighted by Gasteiger charge is 2.34. The Kier molecular flexibility index (Phi) is 3.97.